The Balaban J connectivity index is 2.93. The van der Waals surface area contributed by atoms with Crippen LogP contribution in [0.1, 0.15) is 29.8 Å². The zero-order valence-corrected chi connectivity index (χ0v) is 14.5. The van der Waals surface area contributed by atoms with Gasteiger partial charge >= 0.3 is 0 Å². The van der Waals surface area contributed by atoms with Crippen LogP contribution in [0.15, 0.2) is 21.5 Å². The van der Waals surface area contributed by atoms with Crippen molar-refractivity contribution in [3.8, 4) is 0 Å². The molecule has 0 heterocycles. The largest absolute Gasteiger partial charge is 0.377 e. The lowest BCUT2D eigenvalue weighted by Gasteiger charge is -2.12. The van der Waals surface area contributed by atoms with Gasteiger partial charge in [0.2, 0.25) is 10.0 Å². The Labute approximate surface area is 133 Å². The third-order valence-electron chi connectivity index (χ3n) is 2.71. The molecule has 0 aliphatic rings. The maximum absolute atomic E-state index is 12.1. The maximum Gasteiger partial charge on any atom is 0.251 e. The van der Waals surface area contributed by atoms with E-state index in [2.05, 4.69) is 21.2 Å². The molecule has 0 saturated carbocycles. The summed E-state index contributed by atoms with van der Waals surface area (Å²) in [5, 5.41) is 7.83. The van der Waals surface area contributed by atoms with E-state index in [1.165, 1.54) is 6.07 Å². The summed E-state index contributed by atoms with van der Waals surface area (Å²) in [6.45, 7) is 6.08. The molecule has 0 aromatic heterocycles. The molecule has 0 bridgehead atoms. The molecule has 0 aliphatic heterocycles. The van der Waals surface area contributed by atoms with Gasteiger partial charge in [-0.1, -0.05) is 15.9 Å². The molecule has 118 valence electrons. The van der Waals surface area contributed by atoms with E-state index in [0.29, 0.717) is 23.2 Å². The first-order valence-corrected chi connectivity index (χ1v) is 8.69. The first-order valence-electron chi connectivity index (χ1n) is 6.35. The molecule has 0 fully saturated rings. The van der Waals surface area contributed by atoms with Gasteiger partial charge in [0.25, 0.3) is 5.91 Å². The number of benzene rings is 1. The van der Waals surface area contributed by atoms with Crippen LogP contribution in [-0.4, -0.2) is 33.6 Å². The highest BCUT2D eigenvalue weighted by Crippen LogP contribution is 2.23. The van der Waals surface area contributed by atoms with Crippen molar-refractivity contribution in [3.05, 3.63) is 27.7 Å². The Bertz CT molecular complexity index is 629. The van der Waals surface area contributed by atoms with E-state index < -0.39 is 10.0 Å². The van der Waals surface area contributed by atoms with Crippen LogP contribution in [-0.2, 0) is 14.8 Å². The van der Waals surface area contributed by atoms with E-state index in [-0.39, 0.29) is 22.5 Å². The molecular formula is C13H19BrN2O4S. The molecule has 0 spiro atoms. The molecule has 0 unspecified atom stereocenters. The monoisotopic (exact) mass is 378 g/mol. The number of hydrogen-bond acceptors (Lipinski definition) is 4. The second kappa shape index (κ2) is 7.35. The molecule has 6 nitrogen and oxygen atoms in total. The minimum atomic E-state index is -3.88. The normalized spacial score (nSPS) is 11.7. The molecule has 8 heteroatoms. The number of halogens is 1. The minimum absolute atomic E-state index is 0.0690. The van der Waals surface area contributed by atoms with E-state index in [9.17, 15) is 13.2 Å². The van der Waals surface area contributed by atoms with Crippen LogP contribution in [0.2, 0.25) is 0 Å². The highest BCUT2D eigenvalue weighted by atomic mass is 79.9. The summed E-state index contributed by atoms with van der Waals surface area (Å²) in [5.74, 6) is -0.369. The topological polar surface area (TPSA) is 98.5 Å². The van der Waals surface area contributed by atoms with Crippen LogP contribution in [0.25, 0.3) is 0 Å². The lowest BCUT2D eigenvalue weighted by molar-refractivity contribution is 0.0746. The van der Waals surface area contributed by atoms with Gasteiger partial charge in [-0.3, -0.25) is 4.79 Å². The molecule has 0 radical (unpaired) electrons. The van der Waals surface area contributed by atoms with Crippen LogP contribution < -0.4 is 10.5 Å². The van der Waals surface area contributed by atoms with Crippen LogP contribution in [0.3, 0.4) is 0 Å². The third-order valence-corrected chi connectivity index (χ3v) is 4.21. The van der Waals surface area contributed by atoms with Gasteiger partial charge in [-0.15, -0.1) is 0 Å². The number of hydrogen-bond donors (Lipinski definition) is 2. The fourth-order valence-corrected chi connectivity index (χ4v) is 3.18. The van der Waals surface area contributed by atoms with Gasteiger partial charge in [0.05, 0.1) is 17.6 Å². The Morgan fingerprint density at radius 1 is 1.43 bits per heavy atom. The van der Waals surface area contributed by atoms with E-state index in [1.54, 1.807) is 13.0 Å². The highest BCUT2D eigenvalue weighted by molar-refractivity contribution is 9.10. The summed E-state index contributed by atoms with van der Waals surface area (Å²) in [7, 11) is -3.88. The Kier molecular flexibility index (Phi) is 6.33. The second-order valence-corrected chi connectivity index (χ2v) is 7.24. The van der Waals surface area contributed by atoms with Crippen molar-refractivity contribution in [2.75, 3.05) is 13.2 Å². The number of nitrogens with one attached hydrogen (secondary N) is 1. The Hall–Kier alpha value is -0.960. The van der Waals surface area contributed by atoms with Gasteiger partial charge in [0.1, 0.15) is 0 Å². The summed E-state index contributed by atoms with van der Waals surface area (Å²) in [6.07, 6.45) is 0.0866. The van der Waals surface area contributed by atoms with Crippen LogP contribution in [0, 0.1) is 6.92 Å². The zero-order chi connectivity index (χ0) is 16.2. The molecule has 1 rings (SSSR count). The van der Waals surface area contributed by atoms with E-state index in [1.807, 2.05) is 13.8 Å². The molecule has 21 heavy (non-hydrogen) atoms. The number of carbonyl (C=O) groups is 1. The summed E-state index contributed by atoms with van der Waals surface area (Å²) in [5.41, 5.74) is 0.584. The number of rotatable bonds is 6. The molecule has 1 aromatic rings. The molecule has 3 N–H and O–H groups in total. The van der Waals surface area contributed by atoms with Gasteiger partial charge < -0.3 is 10.1 Å². The average molecular weight is 379 g/mol. The van der Waals surface area contributed by atoms with Crippen molar-refractivity contribution in [1.82, 2.24) is 5.32 Å². The van der Waals surface area contributed by atoms with Crippen molar-refractivity contribution in [3.63, 3.8) is 0 Å². The van der Waals surface area contributed by atoms with Crippen LogP contribution in [0.5, 0.6) is 0 Å². The van der Waals surface area contributed by atoms with Crippen molar-refractivity contribution >= 4 is 31.9 Å². The summed E-state index contributed by atoms with van der Waals surface area (Å²) >= 11 is 3.18. The van der Waals surface area contributed by atoms with Gasteiger partial charge in [-0.25, -0.2) is 13.6 Å². The standard InChI is InChI=1S/C13H19BrN2O4S/c1-8(2)20-5-4-16-13(17)11-6-10(14)7-12(9(11)3)21(15,18)19/h6-8H,4-5H2,1-3H3,(H,16,17)(H2,15,18,19). The molecule has 1 aromatic carbocycles. The fraction of sp³-hybridized carbons (Fsp3) is 0.462. The summed E-state index contributed by atoms with van der Waals surface area (Å²) in [4.78, 5) is 12.0. The minimum Gasteiger partial charge on any atom is -0.377 e. The van der Waals surface area contributed by atoms with E-state index >= 15 is 0 Å². The van der Waals surface area contributed by atoms with Gasteiger partial charge in [0.15, 0.2) is 0 Å². The Morgan fingerprint density at radius 2 is 2.05 bits per heavy atom. The average Bonchev–Trinajstić information content (AvgIpc) is 2.35. The molecule has 0 aliphatic carbocycles. The van der Waals surface area contributed by atoms with Crippen molar-refractivity contribution < 1.29 is 17.9 Å². The fourth-order valence-electron chi connectivity index (χ4n) is 1.74. The van der Waals surface area contributed by atoms with Crippen molar-refractivity contribution in [1.29, 1.82) is 0 Å². The van der Waals surface area contributed by atoms with Crippen LogP contribution >= 0.6 is 15.9 Å². The number of primary sulfonamides is 1. The van der Waals surface area contributed by atoms with Gasteiger partial charge in [0, 0.05) is 16.6 Å². The van der Waals surface area contributed by atoms with Crippen molar-refractivity contribution in [2.45, 2.75) is 31.8 Å². The number of nitrogens with two attached hydrogens (primary N) is 1. The van der Waals surface area contributed by atoms with Crippen molar-refractivity contribution in [2.24, 2.45) is 5.14 Å². The van der Waals surface area contributed by atoms with Gasteiger partial charge in [-0.2, -0.15) is 0 Å². The molecule has 0 atom stereocenters. The molecule has 0 saturated heterocycles. The molecule has 1 amide bonds. The Morgan fingerprint density at radius 3 is 2.57 bits per heavy atom. The molecular weight excluding hydrogens is 360 g/mol. The third kappa shape index (κ3) is 5.39. The van der Waals surface area contributed by atoms with E-state index in [0.717, 1.165) is 0 Å². The summed E-state index contributed by atoms with van der Waals surface area (Å²) in [6, 6.07) is 2.94. The smallest absolute Gasteiger partial charge is 0.251 e. The van der Waals surface area contributed by atoms with Crippen LogP contribution in [0.4, 0.5) is 0 Å². The second-order valence-electron chi connectivity index (χ2n) is 4.80. The van der Waals surface area contributed by atoms with E-state index in [4.69, 9.17) is 9.88 Å². The number of sulfonamides is 1. The zero-order valence-electron chi connectivity index (χ0n) is 12.1. The summed E-state index contributed by atoms with van der Waals surface area (Å²) < 4.78 is 28.8. The number of amides is 1. The number of carbonyl (C=O) groups excluding carboxylic acids is 1. The first kappa shape index (κ1) is 18.1. The highest BCUT2D eigenvalue weighted by Gasteiger charge is 2.19. The predicted octanol–water partition coefficient (Wildman–Crippen LogP) is 1.56. The predicted molar refractivity (Wildman–Crippen MR) is 83.7 cm³/mol. The number of ether oxygens (including phenoxy) is 1. The quantitative estimate of drug-likeness (QED) is 0.733. The lowest BCUT2D eigenvalue weighted by Crippen LogP contribution is -2.29. The lowest BCUT2D eigenvalue weighted by atomic mass is 10.1. The SMILES string of the molecule is Cc1c(C(=O)NCCOC(C)C)cc(Br)cc1S(N)(=O)=O. The maximum atomic E-state index is 12.1. The van der Waals surface area contributed by atoms with Gasteiger partial charge in [-0.05, 0) is 38.5 Å². The first-order chi connectivity index (χ1) is 9.62.